The Morgan fingerprint density at radius 3 is 1.87 bits per heavy atom. The summed E-state index contributed by atoms with van der Waals surface area (Å²) in [5, 5.41) is 1.04. The van der Waals surface area contributed by atoms with Crippen LogP contribution in [0.2, 0.25) is 0 Å². The fourth-order valence-electron chi connectivity index (χ4n) is 2.56. The third-order valence-electron chi connectivity index (χ3n) is 3.50. The number of hydrogen-bond donors (Lipinski definition) is 0. The normalized spacial score (nSPS) is 10.9. The van der Waals surface area contributed by atoms with Crippen molar-refractivity contribution < 1.29 is 4.42 Å². The molecular formula is C20H20OS2. The van der Waals surface area contributed by atoms with Gasteiger partial charge in [-0.2, -0.15) is 0 Å². The lowest BCUT2D eigenvalue weighted by molar-refractivity contribution is 0.475. The molecule has 0 N–H and O–H groups in total. The van der Waals surface area contributed by atoms with Crippen molar-refractivity contribution in [3.05, 3.63) is 60.7 Å². The summed E-state index contributed by atoms with van der Waals surface area (Å²) in [6.07, 6.45) is 0. The quantitative estimate of drug-likeness (QED) is 0.456. The van der Waals surface area contributed by atoms with Crippen molar-refractivity contribution in [1.82, 2.24) is 0 Å². The molecule has 118 valence electrons. The zero-order valence-corrected chi connectivity index (χ0v) is 15.0. The molecule has 1 nitrogen and oxygen atoms in total. The van der Waals surface area contributed by atoms with Crippen molar-refractivity contribution in [3.8, 4) is 22.5 Å². The van der Waals surface area contributed by atoms with Crippen molar-refractivity contribution in [1.29, 1.82) is 0 Å². The summed E-state index contributed by atoms with van der Waals surface area (Å²) in [7, 11) is 0. The zero-order valence-electron chi connectivity index (χ0n) is 13.4. The Morgan fingerprint density at radius 2 is 1.30 bits per heavy atom. The van der Waals surface area contributed by atoms with Gasteiger partial charge in [0, 0.05) is 11.1 Å². The van der Waals surface area contributed by atoms with E-state index in [9.17, 15) is 0 Å². The summed E-state index contributed by atoms with van der Waals surface area (Å²) < 4.78 is 6.32. The van der Waals surface area contributed by atoms with Crippen molar-refractivity contribution in [3.63, 3.8) is 0 Å². The number of thioether (sulfide) groups is 2. The lowest BCUT2D eigenvalue weighted by atomic mass is 10.0. The molecule has 0 saturated carbocycles. The number of rotatable bonds is 6. The molecule has 0 amide bonds. The number of benzene rings is 2. The van der Waals surface area contributed by atoms with Crippen LogP contribution >= 0.6 is 23.5 Å². The van der Waals surface area contributed by atoms with E-state index in [2.05, 4.69) is 68.4 Å². The van der Waals surface area contributed by atoms with Gasteiger partial charge in [-0.25, -0.2) is 0 Å². The molecule has 0 radical (unpaired) electrons. The summed E-state index contributed by atoms with van der Waals surface area (Å²) in [4.78, 5) is 1.27. The highest BCUT2D eigenvalue weighted by molar-refractivity contribution is 8.02. The molecule has 0 unspecified atom stereocenters. The van der Waals surface area contributed by atoms with Crippen LogP contribution < -0.4 is 0 Å². The summed E-state index contributed by atoms with van der Waals surface area (Å²) in [6.45, 7) is 4.35. The Hall–Kier alpha value is -1.58. The fourth-order valence-corrected chi connectivity index (χ4v) is 4.35. The van der Waals surface area contributed by atoms with Gasteiger partial charge in [0.05, 0.1) is 4.90 Å². The first-order valence-corrected chi connectivity index (χ1v) is 9.85. The predicted molar refractivity (Wildman–Crippen MR) is 102 cm³/mol. The minimum Gasteiger partial charge on any atom is -0.448 e. The summed E-state index contributed by atoms with van der Waals surface area (Å²) in [6, 6.07) is 21.0. The van der Waals surface area contributed by atoms with Gasteiger partial charge in [-0.15, -0.1) is 11.8 Å². The minimum absolute atomic E-state index is 0.976. The third kappa shape index (κ3) is 3.51. The van der Waals surface area contributed by atoms with Crippen molar-refractivity contribution in [2.24, 2.45) is 0 Å². The van der Waals surface area contributed by atoms with Crippen molar-refractivity contribution in [2.45, 2.75) is 23.8 Å². The fraction of sp³-hybridized carbons (Fsp3) is 0.200. The minimum atomic E-state index is 0.976. The van der Waals surface area contributed by atoms with E-state index >= 15 is 0 Å². The van der Waals surface area contributed by atoms with Gasteiger partial charge in [0.1, 0.15) is 5.76 Å². The van der Waals surface area contributed by atoms with Gasteiger partial charge in [0.25, 0.3) is 0 Å². The topological polar surface area (TPSA) is 13.1 Å². The molecule has 1 aromatic heterocycles. The number of hydrogen-bond acceptors (Lipinski definition) is 3. The first kappa shape index (κ1) is 16.3. The van der Waals surface area contributed by atoms with E-state index in [-0.39, 0.29) is 0 Å². The lowest BCUT2D eigenvalue weighted by Crippen LogP contribution is -1.83. The van der Waals surface area contributed by atoms with Crippen LogP contribution in [0.5, 0.6) is 0 Å². The van der Waals surface area contributed by atoms with Crippen LogP contribution in [0.15, 0.2) is 75.1 Å². The Balaban J connectivity index is 2.23. The van der Waals surface area contributed by atoms with Crippen LogP contribution in [0.1, 0.15) is 13.8 Å². The van der Waals surface area contributed by atoms with E-state index in [1.165, 1.54) is 16.0 Å². The number of furan rings is 1. The molecule has 0 bridgehead atoms. The van der Waals surface area contributed by atoms with E-state index in [1.54, 1.807) is 11.8 Å². The monoisotopic (exact) mass is 340 g/mol. The van der Waals surface area contributed by atoms with E-state index in [0.717, 1.165) is 27.9 Å². The molecule has 1 heterocycles. The van der Waals surface area contributed by atoms with Crippen molar-refractivity contribution >= 4 is 23.5 Å². The zero-order chi connectivity index (χ0) is 16.1. The van der Waals surface area contributed by atoms with Gasteiger partial charge in [0.2, 0.25) is 0 Å². The molecule has 0 aliphatic heterocycles. The molecule has 3 heteroatoms. The Bertz CT molecular complexity index is 748. The van der Waals surface area contributed by atoms with Gasteiger partial charge < -0.3 is 4.42 Å². The van der Waals surface area contributed by atoms with Gasteiger partial charge in [0.15, 0.2) is 5.09 Å². The first-order chi connectivity index (χ1) is 11.3. The summed E-state index contributed by atoms with van der Waals surface area (Å²) in [5.74, 6) is 3.02. The Morgan fingerprint density at radius 1 is 0.739 bits per heavy atom. The molecule has 0 aliphatic rings. The largest absolute Gasteiger partial charge is 0.448 e. The second-order valence-electron chi connectivity index (χ2n) is 5.02. The maximum Gasteiger partial charge on any atom is 0.175 e. The molecule has 3 aromatic rings. The molecule has 2 aromatic carbocycles. The summed E-state index contributed by atoms with van der Waals surface area (Å²) in [5.41, 5.74) is 3.57. The average molecular weight is 341 g/mol. The molecule has 23 heavy (non-hydrogen) atoms. The van der Waals surface area contributed by atoms with Gasteiger partial charge in [-0.1, -0.05) is 86.3 Å². The predicted octanol–water partition coefficient (Wildman–Crippen LogP) is 6.84. The van der Waals surface area contributed by atoms with Crippen LogP contribution in [0.25, 0.3) is 22.5 Å². The van der Waals surface area contributed by atoms with Crippen LogP contribution in [0.4, 0.5) is 0 Å². The SMILES string of the molecule is CCSc1oc(-c2ccccc2)c(-c2ccccc2)c1SCC. The standard InChI is InChI=1S/C20H20OS2/c1-3-22-19-17(15-11-7-5-8-12-15)18(21-20(19)23-4-2)16-13-9-6-10-14-16/h5-14H,3-4H2,1-2H3. The maximum atomic E-state index is 6.32. The third-order valence-corrected chi connectivity index (χ3v) is 5.43. The smallest absolute Gasteiger partial charge is 0.175 e. The average Bonchev–Trinajstić information content (AvgIpc) is 2.96. The van der Waals surface area contributed by atoms with Crippen LogP contribution in [-0.2, 0) is 0 Å². The van der Waals surface area contributed by atoms with Crippen LogP contribution in [-0.4, -0.2) is 11.5 Å². The summed E-state index contributed by atoms with van der Waals surface area (Å²) >= 11 is 3.64. The van der Waals surface area contributed by atoms with Gasteiger partial charge >= 0.3 is 0 Å². The van der Waals surface area contributed by atoms with Crippen LogP contribution in [0, 0.1) is 0 Å². The molecule has 3 rings (SSSR count). The second kappa shape index (κ2) is 7.80. The molecule has 0 atom stereocenters. The van der Waals surface area contributed by atoms with Crippen molar-refractivity contribution in [2.75, 3.05) is 11.5 Å². The van der Waals surface area contributed by atoms with Gasteiger partial charge in [-0.3, -0.25) is 0 Å². The van der Waals surface area contributed by atoms with E-state index in [4.69, 9.17) is 4.42 Å². The van der Waals surface area contributed by atoms with E-state index in [0.29, 0.717) is 0 Å². The van der Waals surface area contributed by atoms with Crippen LogP contribution in [0.3, 0.4) is 0 Å². The second-order valence-corrected chi connectivity index (χ2v) is 7.53. The molecular weight excluding hydrogens is 320 g/mol. The molecule has 0 aliphatic carbocycles. The highest BCUT2D eigenvalue weighted by Crippen LogP contribution is 2.47. The molecule has 0 saturated heterocycles. The van der Waals surface area contributed by atoms with Gasteiger partial charge in [-0.05, 0) is 17.1 Å². The van der Waals surface area contributed by atoms with E-state index in [1.807, 2.05) is 17.8 Å². The highest BCUT2D eigenvalue weighted by Gasteiger charge is 2.22. The molecule has 0 spiro atoms. The van der Waals surface area contributed by atoms with E-state index < -0.39 is 0 Å². The Kier molecular flexibility index (Phi) is 5.52. The highest BCUT2D eigenvalue weighted by atomic mass is 32.2. The first-order valence-electron chi connectivity index (χ1n) is 7.88. The lowest BCUT2D eigenvalue weighted by Gasteiger charge is -2.06. The molecule has 0 fully saturated rings. The Labute approximate surface area is 146 Å². The maximum absolute atomic E-state index is 6.32.